The molecule has 0 fully saturated rings. The summed E-state index contributed by atoms with van der Waals surface area (Å²) in [5.41, 5.74) is 7.36. The molecule has 2 aromatic rings. The maximum atomic E-state index is 6.07. The van der Waals surface area contributed by atoms with Crippen molar-refractivity contribution in [2.45, 2.75) is 20.5 Å². The Morgan fingerprint density at radius 1 is 1.35 bits per heavy atom. The molecule has 1 aromatic heterocycles. The Labute approximate surface area is 104 Å². The number of nitrogen functional groups attached to an aromatic ring is 1. The van der Waals surface area contributed by atoms with E-state index in [1.165, 1.54) is 0 Å². The molecule has 1 aromatic carbocycles. The third-order valence-electron chi connectivity index (χ3n) is 2.33. The van der Waals surface area contributed by atoms with Gasteiger partial charge in [-0.05, 0) is 37.1 Å². The number of benzene rings is 1. The molecule has 0 aliphatic rings. The van der Waals surface area contributed by atoms with Crippen molar-refractivity contribution in [3.63, 3.8) is 0 Å². The first kappa shape index (κ1) is 11.7. The Morgan fingerprint density at radius 2 is 2.00 bits per heavy atom. The normalized spacial score (nSPS) is 10.5. The van der Waals surface area contributed by atoms with E-state index in [2.05, 4.69) is 15.2 Å². The SMILES string of the molecule is Cc1cc(OCc2nc(N)n[nH]2)cc(C)c1Cl. The summed E-state index contributed by atoms with van der Waals surface area (Å²) in [6.45, 7) is 4.17. The van der Waals surface area contributed by atoms with Crippen molar-refractivity contribution in [2.24, 2.45) is 0 Å². The molecule has 0 aliphatic carbocycles. The lowest BCUT2D eigenvalue weighted by molar-refractivity contribution is 0.296. The Bertz CT molecular complexity index is 515. The predicted molar refractivity (Wildman–Crippen MR) is 66.1 cm³/mol. The Balaban J connectivity index is 2.09. The summed E-state index contributed by atoms with van der Waals surface area (Å²) in [5.74, 6) is 1.55. The van der Waals surface area contributed by atoms with Crippen LogP contribution in [0.5, 0.6) is 5.75 Å². The fourth-order valence-electron chi connectivity index (χ4n) is 1.52. The highest BCUT2D eigenvalue weighted by molar-refractivity contribution is 6.32. The summed E-state index contributed by atoms with van der Waals surface area (Å²) in [6.07, 6.45) is 0. The van der Waals surface area contributed by atoms with Gasteiger partial charge in [0.15, 0.2) is 5.82 Å². The molecule has 0 saturated heterocycles. The van der Waals surface area contributed by atoms with Gasteiger partial charge in [-0.3, -0.25) is 5.10 Å². The number of aryl methyl sites for hydroxylation is 2. The van der Waals surface area contributed by atoms with Crippen molar-refractivity contribution in [3.8, 4) is 5.75 Å². The van der Waals surface area contributed by atoms with Crippen molar-refractivity contribution in [3.05, 3.63) is 34.1 Å². The van der Waals surface area contributed by atoms with Gasteiger partial charge in [0.1, 0.15) is 12.4 Å². The molecule has 0 bridgehead atoms. The number of nitrogens with two attached hydrogens (primary N) is 1. The molecule has 5 nitrogen and oxygen atoms in total. The maximum absolute atomic E-state index is 6.07. The van der Waals surface area contributed by atoms with Gasteiger partial charge in [0.2, 0.25) is 5.95 Å². The number of ether oxygens (including phenoxy) is 1. The van der Waals surface area contributed by atoms with Crippen molar-refractivity contribution in [1.82, 2.24) is 15.2 Å². The number of anilines is 1. The first-order chi connectivity index (χ1) is 8.06. The molecular formula is C11H13ClN4O. The van der Waals surface area contributed by atoms with Gasteiger partial charge in [-0.25, -0.2) is 0 Å². The van der Waals surface area contributed by atoms with Crippen LogP contribution in [0.15, 0.2) is 12.1 Å². The second kappa shape index (κ2) is 4.63. The third kappa shape index (κ3) is 2.68. The van der Waals surface area contributed by atoms with Crippen molar-refractivity contribution < 1.29 is 4.74 Å². The summed E-state index contributed by atoms with van der Waals surface area (Å²) in [5, 5.41) is 7.16. The summed E-state index contributed by atoms with van der Waals surface area (Å²) in [6, 6.07) is 3.77. The van der Waals surface area contributed by atoms with E-state index in [-0.39, 0.29) is 5.95 Å². The number of nitrogens with zero attached hydrogens (tertiary/aromatic N) is 2. The zero-order valence-electron chi connectivity index (χ0n) is 9.62. The average molecular weight is 253 g/mol. The minimum Gasteiger partial charge on any atom is -0.486 e. The van der Waals surface area contributed by atoms with Crippen LogP contribution in [0.3, 0.4) is 0 Å². The summed E-state index contributed by atoms with van der Waals surface area (Å²) < 4.78 is 5.57. The van der Waals surface area contributed by atoms with E-state index in [9.17, 15) is 0 Å². The van der Waals surface area contributed by atoms with Crippen LogP contribution in [0.4, 0.5) is 5.95 Å². The first-order valence-corrected chi connectivity index (χ1v) is 5.50. The highest BCUT2D eigenvalue weighted by Gasteiger charge is 2.05. The molecule has 1 heterocycles. The lowest BCUT2D eigenvalue weighted by Gasteiger charge is -2.08. The summed E-state index contributed by atoms with van der Waals surface area (Å²) in [7, 11) is 0. The molecular weight excluding hydrogens is 240 g/mol. The van der Waals surface area contributed by atoms with E-state index in [1.54, 1.807) is 0 Å². The van der Waals surface area contributed by atoms with Gasteiger partial charge in [0.25, 0.3) is 0 Å². The van der Waals surface area contributed by atoms with Crippen molar-refractivity contribution >= 4 is 17.5 Å². The van der Waals surface area contributed by atoms with Gasteiger partial charge >= 0.3 is 0 Å². The summed E-state index contributed by atoms with van der Waals surface area (Å²) >= 11 is 6.07. The topological polar surface area (TPSA) is 76.8 Å². The number of hydrogen-bond acceptors (Lipinski definition) is 4. The number of aromatic amines is 1. The Hall–Kier alpha value is -1.75. The number of aromatic nitrogens is 3. The molecule has 0 atom stereocenters. The number of rotatable bonds is 3. The van der Waals surface area contributed by atoms with Crippen molar-refractivity contribution in [2.75, 3.05) is 5.73 Å². The van der Waals surface area contributed by atoms with Crippen LogP contribution >= 0.6 is 11.6 Å². The van der Waals surface area contributed by atoms with Crippen LogP contribution in [0, 0.1) is 13.8 Å². The lowest BCUT2D eigenvalue weighted by atomic mass is 10.1. The first-order valence-electron chi connectivity index (χ1n) is 5.12. The van der Waals surface area contributed by atoms with E-state index < -0.39 is 0 Å². The second-order valence-corrected chi connectivity index (χ2v) is 4.18. The smallest absolute Gasteiger partial charge is 0.239 e. The fourth-order valence-corrected chi connectivity index (χ4v) is 1.62. The van der Waals surface area contributed by atoms with E-state index >= 15 is 0 Å². The third-order valence-corrected chi connectivity index (χ3v) is 2.93. The maximum Gasteiger partial charge on any atom is 0.239 e. The van der Waals surface area contributed by atoms with E-state index in [4.69, 9.17) is 22.1 Å². The van der Waals surface area contributed by atoms with Gasteiger partial charge in [-0.2, -0.15) is 4.98 Å². The van der Waals surface area contributed by atoms with Gasteiger partial charge in [0, 0.05) is 5.02 Å². The van der Waals surface area contributed by atoms with Crippen LogP contribution in [-0.2, 0) is 6.61 Å². The Morgan fingerprint density at radius 3 is 2.53 bits per heavy atom. The summed E-state index contributed by atoms with van der Waals surface area (Å²) in [4.78, 5) is 3.95. The molecule has 0 unspecified atom stereocenters. The molecule has 0 radical (unpaired) electrons. The van der Waals surface area contributed by atoms with Crippen LogP contribution in [0.2, 0.25) is 5.02 Å². The van der Waals surface area contributed by atoms with Crippen LogP contribution in [0.1, 0.15) is 17.0 Å². The molecule has 90 valence electrons. The minimum atomic E-state index is 0.215. The number of H-pyrrole nitrogens is 1. The van der Waals surface area contributed by atoms with E-state index in [1.807, 2.05) is 26.0 Å². The van der Waals surface area contributed by atoms with Gasteiger partial charge in [0.05, 0.1) is 0 Å². The highest BCUT2D eigenvalue weighted by Crippen LogP contribution is 2.26. The lowest BCUT2D eigenvalue weighted by Crippen LogP contribution is -1.99. The van der Waals surface area contributed by atoms with Crippen LogP contribution in [0.25, 0.3) is 0 Å². The number of nitrogens with one attached hydrogen (secondary N) is 1. The predicted octanol–water partition coefficient (Wildman–Crippen LogP) is 2.24. The number of hydrogen-bond donors (Lipinski definition) is 2. The quantitative estimate of drug-likeness (QED) is 0.878. The van der Waals surface area contributed by atoms with Crippen LogP contribution in [-0.4, -0.2) is 15.2 Å². The molecule has 6 heteroatoms. The molecule has 0 amide bonds. The molecule has 17 heavy (non-hydrogen) atoms. The molecule has 0 spiro atoms. The zero-order chi connectivity index (χ0) is 12.4. The largest absolute Gasteiger partial charge is 0.486 e. The second-order valence-electron chi connectivity index (χ2n) is 3.80. The average Bonchev–Trinajstić information content (AvgIpc) is 2.69. The van der Waals surface area contributed by atoms with E-state index in [0.717, 1.165) is 21.9 Å². The molecule has 2 rings (SSSR count). The Kier molecular flexibility index (Phi) is 3.19. The highest BCUT2D eigenvalue weighted by atomic mass is 35.5. The van der Waals surface area contributed by atoms with Crippen molar-refractivity contribution in [1.29, 1.82) is 0 Å². The molecule has 0 saturated carbocycles. The van der Waals surface area contributed by atoms with Crippen LogP contribution < -0.4 is 10.5 Å². The number of halogens is 1. The van der Waals surface area contributed by atoms with Gasteiger partial charge < -0.3 is 10.5 Å². The van der Waals surface area contributed by atoms with Gasteiger partial charge in [-0.1, -0.05) is 11.6 Å². The fraction of sp³-hybridized carbons (Fsp3) is 0.273. The monoisotopic (exact) mass is 252 g/mol. The molecule has 3 N–H and O–H groups in total. The molecule has 0 aliphatic heterocycles. The van der Waals surface area contributed by atoms with Gasteiger partial charge in [-0.15, -0.1) is 5.10 Å². The van der Waals surface area contributed by atoms with E-state index in [0.29, 0.717) is 12.4 Å². The standard InChI is InChI=1S/C11H13ClN4O/c1-6-3-8(4-7(2)10(6)12)17-5-9-14-11(13)16-15-9/h3-4H,5H2,1-2H3,(H3,13,14,15,16). The minimum absolute atomic E-state index is 0.215. The zero-order valence-corrected chi connectivity index (χ0v) is 10.4.